The van der Waals surface area contributed by atoms with Crippen LogP contribution in [0, 0.1) is 11.2 Å². The average Bonchev–Trinajstić information content (AvgIpc) is 3.27. The van der Waals surface area contributed by atoms with Gasteiger partial charge in [0.1, 0.15) is 11.5 Å². The van der Waals surface area contributed by atoms with Crippen molar-refractivity contribution in [3.05, 3.63) is 53.3 Å². The molecule has 2 aliphatic rings. The van der Waals surface area contributed by atoms with Crippen molar-refractivity contribution in [2.24, 2.45) is 5.41 Å². The van der Waals surface area contributed by atoms with Crippen molar-refractivity contribution in [1.29, 1.82) is 0 Å². The summed E-state index contributed by atoms with van der Waals surface area (Å²) in [7, 11) is 3.01. The third-order valence-corrected chi connectivity index (χ3v) is 7.02. The Morgan fingerprint density at radius 2 is 1.64 bits per heavy atom. The van der Waals surface area contributed by atoms with Crippen LogP contribution in [0.5, 0.6) is 11.5 Å². The Morgan fingerprint density at radius 3 is 2.25 bits per heavy atom. The van der Waals surface area contributed by atoms with Crippen LogP contribution in [0.25, 0.3) is 0 Å². The highest BCUT2D eigenvalue weighted by atomic mass is 19.4. The van der Waals surface area contributed by atoms with E-state index < -0.39 is 29.3 Å². The number of likely N-dealkylation sites (tertiary alicyclic amines) is 2. The Morgan fingerprint density at radius 1 is 0.972 bits per heavy atom. The number of carbonyl (C=O) groups excluding carboxylic acids is 2. The average molecular weight is 510 g/mol. The van der Waals surface area contributed by atoms with E-state index in [-0.39, 0.29) is 11.3 Å². The van der Waals surface area contributed by atoms with Gasteiger partial charge in [0.2, 0.25) is 0 Å². The van der Waals surface area contributed by atoms with E-state index >= 15 is 0 Å². The molecule has 2 fully saturated rings. The first kappa shape index (κ1) is 25.6. The number of nitrogens with zero attached hydrogens (tertiary/aromatic N) is 2. The summed E-state index contributed by atoms with van der Waals surface area (Å²) in [6, 6.07) is 7.17. The summed E-state index contributed by atoms with van der Waals surface area (Å²) in [4.78, 5) is 29.1. The van der Waals surface area contributed by atoms with Gasteiger partial charge in [-0.1, -0.05) is 6.07 Å². The van der Waals surface area contributed by atoms with E-state index in [4.69, 9.17) is 9.47 Å². The Bertz CT molecular complexity index is 1150. The van der Waals surface area contributed by atoms with Crippen LogP contribution >= 0.6 is 0 Å². The van der Waals surface area contributed by atoms with Gasteiger partial charge in [-0.05, 0) is 55.0 Å². The third-order valence-electron chi connectivity index (χ3n) is 7.02. The molecule has 36 heavy (non-hydrogen) atoms. The highest BCUT2D eigenvalue weighted by molar-refractivity contribution is 5.97. The summed E-state index contributed by atoms with van der Waals surface area (Å²) in [6.45, 7) is 1.74. The summed E-state index contributed by atoms with van der Waals surface area (Å²) in [6.07, 6.45) is -2.85. The second-order valence-electron chi connectivity index (χ2n) is 9.12. The van der Waals surface area contributed by atoms with Gasteiger partial charge in [0.05, 0.1) is 31.0 Å². The molecule has 3 amide bonds. The first-order valence-corrected chi connectivity index (χ1v) is 11.5. The number of hydrogen-bond acceptors (Lipinski definition) is 4. The SMILES string of the molecule is COc1ccc(OC)c(C(=O)N2CCC3(CCN(C(=O)Nc4cccc(C(F)(F)F)c4F)C3)CC2)c1. The van der Waals surface area contributed by atoms with Crippen molar-refractivity contribution in [2.75, 3.05) is 45.7 Å². The predicted octanol–water partition coefficient (Wildman–Crippen LogP) is 5.02. The number of nitrogens with one attached hydrogen (secondary N) is 1. The molecule has 0 saturated carbocycles. The topological polar surface area (TPSA) is 71.1 Å². The van der Waals surface area contributed by atoms with Gasteiger partial charge in [-0.3, -0.25) is 4.79 Å². The van der Waals surface area contributed by atoms with Gasteiger partial charge in [-0.15, -0.1) is 0 Å². The zero-order chi connectivity index (χ0) is 26.1. The number of hydrogen-bond donors (Lipinski definition) is 1. The lowest BCUT2D eigenvalue weighted by molar-refractivity contribution is -0.139. The molecule has 2 saturated heterocycles. The zero-order valence-electron chi connectivity index (χ0n) is 20.0. The van der Waals surface area contributed by atoms with E-state index in [9.17, 15) is 27.2 Å². The maximum atomic E-state index is 14.3. The van der Waals surface area contributed by atoms with E-state index in [0.717, 1.165) is 12.1 Å². The molecule has 194 valence electrons. The molecule has 0 unspecified atom stereocenters. The van der Waals surface area contributed by atoms with Crippen LogP contribution < -0.4 is 14.8 Å². The van der Waals surface area contributed by atoms with E-state index in [1.807, 2.05) is 0 Å². The number of urea groups is 1. The number of amides is 3. The summed E-state index contributed by atoms with van der Waals surface area (Å²) < 4.78 is 63.8. The maximum absolute atomic E-state index is 14.3. The molecule has 1 spiro atoms. The minimum Gasteiger partial charge on any atom is -0.497 e. The van der Waals surface area contributed by atoms with Gasteiger partial charge < -0.3 is 24.6 Å². The highest BCUT2D eigenvalue weighted by Gasteiger charge is 2.43. The van der Waals surface area contributed by atoms with E-state index in [1.54, 1.807) is 23.1 Å². The fourth-order valence-electron chi connectivity index (χ4n) is 4.89. The molecule has 0 radical (unpaired) electrons. The summed E-state index contributed by atoms with van der Waals surface area (Å²) in [5.74, 6) is -0.686. The predicted molar refractivity (Wildman–Crippen MR) is 124 cm³/mol. The number of piperidine rings is 1. The molecule has 1 N–H and O–H groups in total. The van der Waals surface area contributed by atoms with Crippen LogP contribution in [0.3, 0.4) is 0 Å². The first-order valence-electron chi connectivity index (χ1n) is 11.5. The molecule has 2 aromatic rings. The van der Waals surface area contributed by atoms with E-state index in [0.29, 0.717) is 68.6 Å². The number of rotatable bonds is 4. The Kier molecular flexibility index (Phi) is 7.01. The largest absolute Gasteiger partial charge is 0.497 e. The molecule has 7 nitrogen and oxygen atoms in total. The number of methoxy groups -OCH3 is 2. The lowest BCUT2D eigenvalue weighted by Gasteiger charge is -2.39. The second-order valence-corrected chi connectivity index (χ2v) is 9.12. The normalized spacial score (nSPS) is 17.3. The van der Waals surface area contributed by atoms with Gasteiger partial charge in [-0.2, -0.15) is 13.2 Å². The quantitative estimate of drug-likeness (QED) is 0.588. The van der Waals surface area contributed by atoms with Gasteiger partial charge >= 0.3 is 12.2 Å². The van der Waals surface area contributed by atoms with Crippen molar-refractivity contribution in [3.63, 3.8) is 0 Å². The Labute approximate surface area is 206 Å². The molecule has 2 aliphatic heterocycles. The molecule has 0 atom stereocenters. The van der Waals surface area contributed by atoms with Crippen LogP contribution in [0.1, 0.15) is 35.2 Å². The van der Waals surface area contributed by atoms with Crippen LogP contribution in [0.4, 0.5) is 28.0 Å². The van der Waals surface area contributed by atoms with Crippen molar-refractivity contribution < 1.29 is 36.6 Å². The summed E-state index contributed by atoms with van der Waals surface area (Å²) >= 11 is 0. The molecule has 0 aromatic heterocycles. The van der Waals surface area contributed by atoms with Crippen LogP contribution in [-0.2, 0) is 6.18 Å². The molecule has 2 aromatic carbocycles. The lowest BCUT2D eigenvalue weighted by Crippen LogP contribution is -2.45. The van der Waals surface area contributed by atoms with E-state index in [2.05, 4.69) is 5.32 Å². The van der Waals surface area contributed by atoms with E-state index in [1.165, 1.54) is 19.1 Å². The van der Waals surface area contributed by atoms with Crippen LogP contribution in [0.15, 0.2) is 36.4 Å². The zero-order valence-corrected chi connectivity index (χ0v) is 20.0. The van der Waals surface area contributed by atoms with Gasteiger partial charge in [0, 0.05) is 26.2 Å². The van der Waals surface area contributed by atoms with Crippen LogP contribution in [-0.4, -0.2) is 62.1 Å². The van der Waals surface area contributed by atoms with Crippen molar-refractivity contribution >= 4 is 17.6 Å². The Hall–Kier alpha value is -3.50. The molecule has 2 heterocycles. The number of halogens is 4. The fourth-order valence-corrected chi connectivity index (χ4v) is 4.89. The maximum Gasteiger partial charge on any atom is 0.419 e. The molecule has 4 rings (SSSR count). The number of ether oxygens (including phenoxy) is 2. The minimum absolute atomic E-state index is 0.173. The van der Waals surface area contributed by atoms with Gasteiger partial charge in [-0.25, -0.2) is 9.18 Å². The molecule has 0 aliphatic carbocycles. The van der Waals surface area contributed by atoms with Crippen molar-refractivity contribution in [1.82, 2.24) is 9.80 Å². The lowest BCUT2D eigenvalue weighted by atomic mass is 9.77. The smallest absolute Gasteiger partial charge is 0.419 e. The fraction of sp³-hybridized carbons (Fsp3) is 0.440. The first-order chi connectivity index (χ1) is 17.1. The second kappa shape index (κ2) is 9.87. The van der Waals surface area contributed by atoms with Gasteiger partial charge in [0.25, 0.3) is 5.91 Å². The number of alkyl halides is 3. The van der Waals surface area contributed by atoms with Gasteiger partial charge in [0.15, 0.2) is 5.82 Å². The molecule has 0 bridgehead atoms. The highest BCUT2D eigenvalue weighted by Crippen LogP contribution is 2.41. The molecular formula is C25H27F4N3O4. The van der Waals surface area contributed by atoms with Crippen molar-refractivity contribution in [2.45, 2.75) is 25.4 Å². The number of anilines is 1. The third kappa shape index (κ3) is 5.05. The number of carbonyl (C=O) groups is 2. The summed E-state index contributed by atoms with van der Waals surface area (Å²) in [5, 5.41) is 2.28. The molecular weight excluding hydrogens is 482 g/mol. The minimum atomic E-state index is -4.86. The summed E-state index contributed by atoms with van der Waals surface area (Å²) in [5.41, 5.74) is -1.74. The molecule has 11 heteroatoms. The Balaban J connectivity index is 1.38. The number of benzene rings is 2. The van der Waals surface area contributed by atoms with Crippen molar-refractivity contribution in [3.8, 4) is 11.5 Å². The van der Waals surface area contributed by atoms with Crippen LogP contribution in [0.2, 0.25) is 0 Å². The monoisotopic (exact) mass is 509 g/mol. The standard InChI is InChI=1S/C25H27F4N3O4/c1-35-16-6-7-20(36-2)17(14-16)22(33)31-11-8-24(9-12-31)10-13-32(15-24)23(34)30-19-5-3-4-18(21(19)26)25(27,28)29/h3-7,14H,8-13,15H2,1-2H3,(H,30,34).